The summed E-state index contributed by atoms with van der Waals surface area (Å²) < 4.78 is 11.4. The van der Waals surface area contributed by atoms with Gasteiger partial charge in [0.2, 0.25) is 0 Å². The van der Waals surface area contributed by atoms with Crippen molar-refractivity contribution in [2.75, 3.05) is 0 Å². The summed E-state index contributed by atoms with van der Waals surface area (Å²) in [6.07, 6.45) is 2.41. The largest absolute Gasteiger partial charge is 0.345 e. The number of ether oxygens (including phenoxy) is 2. The Bertz CT molecular complexity index is 307. The van der Waals surface area contributed by atoms with E-state index >= 15 is 0 Å². The Morgan fingerprint density at radius 1 is 1.47 bits per heavy atom. The maximum Gasteiger partial charge on any atom is 0.163 e. The van der Waals surface area contributed by atoms with E-state index in [1.807, 2.05) is 19.9 Å². The third-order valence-electron chi connectivity index (χ3n) is 3.18. The van der Waals surface area contributed by atoms with Crippen LogP contribution in [0.5, 0.6) is 0 Å². The molecule has 0 aromatic carbocycles. The van der Waals surface area contributed by atoms with Gasteiger partial charge in [-0.1, -0.05) is 0 Å². The molecule has 1 aliphatic carbocycles. The van der Waals surface area contributed by atoms with Crippen molar-refractivity contribution < 1.29 is 14.3 Å². The Morgan fingerprint density at radius 3 is 2.80 bits per heavy atom. The Balaban J connectivity index is 2.12. The van der Waals surface area contributed by atoms with E-state index in [-0.39, 0.29) is 18.1 Å². The zero-order valence-corrected chi connectivity index (χ0v) is 8.97. The summed E-state index contributed by atoms with van der Waals surface area (Å²) in [7, 11) is 0. The molecular weight excluding hydrogens is 194 g/mol. The van der Waals surface area contributed by atoms with Gasteiger partial charge < -0.3 is 14.3 Å². The molecule has 4 nitrogen and oxygen atoms in total. The summed E-state index contributed by atoms with van der Waals surface area (Å²) in [5, 5.41) is 8.86. The van der Waals surface area contributed by atoms with Crippen molar-refractivity contribution in [3.05, 3.63) is 0 Å². The van der Waals surface area contributed by atoms with E-state index in [4.69, 9.17) is 14.7 Å². The number of hydrogen-bond donors (Lipinski definition) is 0. The van der Waals surface area contributed by atoms with Crippen LogP contribution in [0.3, 0.4) is 0 Å². The van der Waals surface area contributed by atoms with E-state index in [9.17, 15) is 4.79 Å². The first-order valence-corrected chi connectivity index (χ1v) is 5.28. The van der Waals surface area contributed by atoms with Gasteiger partial charge in [0.25, 0.3) is 0 Å². The molecule has 0 amide bonds. The summed E-state index contributed by atoms with van der Waals surface area (Å²) >= 11 is 0. The molecular formula is C11H15NO3. The molecule has 4 atom stereocenters. The van der Waals surface area contributed by atoms with Gasteiger partial charge in [0.05, 0.1) is 18.3 Å². The Morgan fingerprint density at radius 2 is 2.20 bits per heavy atom. The number of aldehydes is 1. The van der Waals surface area contributed by atoms with E-state index in [0.29, 0.717) is 0 Å². The molecule has 2 aliphatic rings. The molecule has 1 heterocycles. The molecule has 2 fully saturated rings. The summed E-state index contributed by atoms with van der Waals surface area (Å²) in [5.74, 6) is -1.13. The van der Waals surface area contributed by atoms with Crippen LogP contribution in [0, 0.1) is 23.2 Å². The summed E-state index contributed by atoms with van der Waals surface area (Å²) in [6.45, 7) is 3.73. The fourth-order valence-electron chi connectivity index (χ4n) is 2.58. The van der Waals surface area contributed by atoms with Crippen molar-refractivity contribution in [2.45, 2.75) is 44.7 Å². The maximum absolute atomic E-state index is 10.8. The number of fused-ring (bicyclic) bond motifs is 1. The third kappa shape index (κ3) is 1.77. The Labute approximate surface area is 89.2 Å². The van der Waals surface area contributed by atoms with Gasteiger partial charge in [-0.05, 0) is 26.7 Å². The molecule has 0 N–H and O–H groups in total. The topological polar surface area (TPSA) is 59.3 Å². The first-order valence-electron chi connectivity index (χ1n) is 5.28. The van der Waals surface area contributed by atoms with Gasteiger partial charge in [0, 0.05) is 5.92 Å². The summed E-state index contributed by atoms with van der Waals surface area (Å²) in [4.78, 5) is 10.8. The molecule has 0 bridgehead atoms. The van der Waals surface area contributed by atoms with Crippen molar-refractivity contribution in [2.24, 2.45) is 11.8 Å². The van der Waals surface area contributed by atoms with Crippen LogP contribution >= 0.6 is 0 Å². The minimum Gasteiger partial charge on any atom is -0.345 e. The van der Waals surface area contributed by atoms with Crippen LogP contribution in [0.15, 0.2) is 0 Å². The SMILES string of the molecule is CC1(C)O[C@H]2CCC(C(C#N)C=O)[C@H]2O1. The van der Waals surface area contributed by atoms with Crippen molar-refractivity contribution >= 4 is 6.29 Å². The molecule has 0 spiro atoms. The lowest BCUT2D eigenvalue weighted by molar-refractivity contribution is -0.158. The van der Waals surface area contributed by atoms with Crippen LogP contribution in [0.25, 0.3) is 0 Å². The van der Waals surface area contributed by atoms with Crippen molar-refractivity contribution in [1.29, 1.82) is 5.26 Å². The highest BCUT2D eigenvalue weighted by atomic mass is 16.8. The van der Waals surface area contributed by atoms with Gasteiger partial charge in [-0.25, -0.2) is 0 Å². The average Bonchev–Trinajstić information content (AvgIpc) is 2.64. The van der Waals surface area contributed by atoms with Gasteiger partial charge >= 0.3 is 0 Å². The second-order valence-corrected chi connectivity index (χ2v) is 4.67. The number of carbonyl (C=O) groups is 1. The quantitative estimate of drug-likeness (QED) is 0.642. The first-order chi connectivity index (χ1) is 7.07. The molecule has 1 saturated carbocycles. The average molecular weight is 209 g/mol. The van der Waals surface area contributed by atoms with Crippen LogP contribution in [-0.4, -0.2) is 24.3 Å². The number of nitriles is 1. The normalized spacial score (nSPS) is 39.4. The Hall–Kier alpha value is -0.920. The predicted octanol–water partition coefficient (Wildman–Crippen LogP) is 1.26. The van der Waals surface area contributed by atoms with Crippen molar-refractivity contribution in [3.8, 4) is 6.07 Å². The molecule has 2 rings (SSSR count). The van der Waals surface area contributed by atoms with Crippen LogP contribution in [-0.2, 0) is 14.3 Å². The predicted molar refractivity (Wildman–Crippen MR) is 51.7 cm³/mol. The highest BCUT2D eigenvalue weighted by Crippen LogP contribution is 2.43. The minimum atomic E-state index is -0.573. The minimum absolute atomic E-state index is 0.000671. The molecule has 15 heavy (non-hydrogen) atoms. The fourth-order valence-corrected chi connectivity index (χ4v) is 2.58. The van der Waals surface area contributed by atoms with Gasteiger partial charge in [-0.15, -0.1) is 0 Å². The van der Waals surface area contributed by atoms with Crippen molar-refractivity contribution in [3.63, 3.8) is 0 Å². The van der Waals surface area contributed by atoms with Crippen LogP contribution in [0.2, 0.25) is 0 Å². The summed E-state index contributed by atoms with van der Waals surface area (Å²) in [6, 6.07) is 2.03. The first kappa shape index (κ1) is 10.6. The van der Waals surface area contributed by atoms with Gasteiger partial charge in [0.1, 0.15) is 12.2 Å². The second-order valence-electron chi connectivity index (χ2n) is 4.67. The zero-order chi connectivity index (χ0) is 11.1. The van der Waals surface area contributed by atoms with E-state index in [0.717, 1.165) is 19.1 Å². The summed E-state index contributed by atoms with van der Waals surface area (Å²) in [5.41, 5.74) is 0. The van der Waals surface area contributed by atoms with Gasteiger partial charge in [-0.3, -0.25) is 0 Å². The number of nitrogens with zero attached hydrogens (tertiary/aromatic N) is 1. The van der Waals surface area contributed by atoms with E-state index in [2.05, 4.69) is 0 Å². The van der Waals surface area contributed by atoms with Crippen LogP contribution in [0.1, 0.15) is 26.7 Å². The lowest BCUT2D eigenvalue weighted by Gasteiger charge is -2.22. The lowest BCUT2D eigenvalue weighted by atomic mass is 9.91. The van der Waals surface area contributed by atoms with Crippen molar-refractivity contribution in [1.82, 2.24) is 0 Å². The molecule has 1 saturated heterocycles. The highest BCUT2D eigenvalue weighted by Gasteiger charge is 2.51. The number of rotatable bonds is 2. The Kier molecular flexibility index (Phi) is 2.53. The van der Waals surface area contributed by atoms with E-state index in [1.54, 1.807) is 0 Å². The molecule has 82 valence electrons. The van der Waals surface area contributed by atoms with Crippen LogP contribution in [0.4, 0.5) is 0 Å². The molecule has 0 radical (unpaired) electrons. The highest BCUT2D eigenvalue weighted by molar-refractivity contribution is 5.58. The van der Waals surface area contributed by atoms with Crippen LogP contribution < -0.4 is 0 Å². The molecule has 1 aliphatic heterocycles. The standard InChI is InChI=1S/C11H15NO3/c1-11(2)14-9-4-3-8(10(9)15-11)7(5-12)6-13/h6-10H,3-4H2,1-2H3/t7?,8?,9-,10+/m0/s1. The fraction of sp³-hybridized carbons (Fsp3) is 0.818. The van der Waals surface area contributed by atoms with E-state index in [1.165, 1.54) is 0 Å². The molecule has 0 aromatic rings. The van der Waals surface area contributed by atoms with E-state index < -0.39 is 11.7 Å². The monoisotopic (exact) mass is 209 g/mol. The lowest BCUT2D eigenvalue weighted by Crippen LogP contribution is -2.30. The number of hydrogen-bond acceptors (Lipinski definition) is 4. The van der Waals surface area contributed by atoms with Gasteiger partial charge in [-0.2, -0.15) is 5.26 Å². The number of carbonyl (C=O) groups excluding carboxylic acids is 1. The second kappa shape index (κ2) is 3.58. The molecule has 2 unspecified atom stereocenters. The zero-order valence-electron chi connectivity index (χ0n) is 8.97. The maximum atomic E-state index is 10.8. The smallest absolute Gasteiger partial charge is 0.163 e. The third-order valence-corrected chi connectivity index (χ3v) is 3.18. The molecule has 0 aromatic heterocycles. The molecule has 4 heteroatoms. The van der Waals surface area contributed by atoms with Gasteiger partial charge in [0.15, 0.2) is 5.79 Å².